The molecule has 3 aromatic rings. The lowest BCUT2D eigenvalue weighted by Gasteiger charge is -2.04. The smallest absolute Gasteiger partial charge is 0.142 e. The number of furan rings is 1. The molecule has 3 nitrogen and oxygen atoms in total. The molecule has 2 heterocycles. The molecule has 0 aliphatic carbocycles. The Labute approximate surface area is 154 Å². The maximum Gasteiger partial charge on any atom is 0.142 e. The zero-order valence-corrected chi connectivity index (χ0v) is 15.2. The van der Waals surface area contributed by atoms with Crippen LogP contribution in [0.5, 0.6) is 5.75 Å². The third-order valence-electron chi connectivity index (χ3n) is 3.97. The molecule has 0 fully saturated rings. The number of nitrogens with zero attached hydrogens (tertiary/aromatic N) is 1. The van der Waals surface area contributed by atoms with Gasteiger partial charge in [0, 0.05) is 34.3 Å². The van der Waals surface area contributed by atoms with Gasteiger partial charge in [0.25, 0.3) is 0 Å². The molecule has 0 saturated carbocycles. The maximum absolute atomic E-state index is 6.17. The van der Waals surface area contributed by atoms with E-state index in [-0.39, 0.29) is 0 Å². The summed E-state index contributed by atoms with van der Waals surface area (Å²) in [7, 11) is 0. The molecule has 3 heteroatoms. The Balaban J connectivity index is 2.04. The average Bonchev–Trinajstić information content (AvgIpc) is 3.07. The van der Waals surface area contributed by atoms with Crippen LogP contribution in [0.3, 0.4) is 0 Å². The second-order valence-corrected chi connectivity index (χ2v) is 5.99. The Hall–Kier alpha value is -3.07. The van der Waals surface area contributed by atoms with E-state index in [1.165, 1.54) is 0 Å². The third-order valence-corrected chi connectivity index (χ3v) is 3.97. The fourth-order valence-corrected chi connectivity index (χ4v) is 2.73. The van der Waals surface area contributed by atoms with Gasteiger partial charge >= 0.3 is 0 Å². The SMILES string of the molecule is C=c1cc(-c2ccc(OCCC)cc2)o/c1=C(/C=C\C)c1cccnc1. The number of allylic oxidation sites excluding steroid dienone is 2. The quantitative estimate of drug-likeness (QED) is 0.667. The minimum Gasteiger partial charge on any atom is -0.494 e. The summed E-state index contributed by atoms with van der Waals surface area (Å²) in [4.78, 5) is 4.21. The lowest BCUT2D eigenvalue weighted by atomic mass is 10.1. The number of ether oxygens (including phenoxy) is 1. The number of rotatable bonds is 6. The standard InChI is InChI=1S/C23H23NO2/c1-4-7-21(19-8-6-13-24-16-19)23-17(3)15-22(26-23)18-9-11-20(12-10-18)25-14-5-2/h4,6-13,15-16H,3,5,14H2,1-2H3/b7-4-,23-21-. The molecule has 132 valence electrons. The summed E-state index contributed by atoms with van der Waals surface area (Å²) >= 11 is 0. The molecular formula is C23H23NO2. The molecule has 0 saturated heterocycles. The van der Waals surface area contributed by atoms with Crippen LogP contribution >= 0.6 is 0 Å². The van der Waals surface area contributed by atoms with Gasteiger partial charge in [-0.3, -0.25) is 4.98 Å². The van der Waals surface area contributed by atoms with E-state index in [1.54, 1.807) is 6.20 Å². The van der Waals surface area contributed by atoms with Crippen LogP contribution in [0.1, 0.15) is 25.8 Å². The van der Waals surface area contributed by atoms with Crippen molar-refractivity contribution in [3.63, 3.8) is 0 Å². The fraction of sp³-hybridized carbons (Fsp3) is 0.174. The highest BCUT2D eigenvalue weighted by Gasteiger charge is 2.08. The van der Waals surface area contributed by atoms with Gasteiger partial charge in [0.15, 0.2) is 0 Å². The van der Waals surface area contributed by atoms with Gasteiger partial charge in [0.05, 0.1) is 6.61 Å². The Morgan fingerprint density at radius 3 is 2.69 bits per heavy atom. The number of aromatic nitrogens is 1. The third kappa shape index (κ3) is 3.94. The van der Waals surface area contributed by atoms with Gasteiger partial charge in [-0.15, -0.1) is 0 Å². The molecule has 0 bridgehead atoms. The number of benzene rings is 1. The van der Waals surface area contributed by atoms with Crippen molar-refractivity contribution in [2.45, 2.75) is 20.3 Å². The van der Waals surface area contributed by atoms with Crippen LogP contribution in [0.4, 0.5) is 0 Å². The van der Waals surface area contributed by atoms with Gasteiger partial charge in [-0.1, -0.05) is 31.7 Å². The summed E-state index contributed by atoms with van der Waals surface area (Å²) < 4.78 is 11.8. The van der Waals surface area contributed by atoms with Crippen LogP contribution < -0.4 is 15.4 Å². The molecular weight excluding hydrogens is 322 g/mol. The molecule has 26 heavy (non-hydrogen) atoms. The normalized spacial score (nSPS) is 12.4. The highest BCUT2D eigenvalue weighted by atomic mass is 16.5. The molecule has 3 rings (SSSR count). The predicted molar refractivity (Wildman–Crippen MR) is 106 cm³/mol. The minimum atomic E-state index is 0.722. The van der Waals surface area contributed by atoms with E-state index in [1.807, 2.05) is 67.7 Å². The molecule has 0 radical (unpaired) electrons. The van der Waals surface area contributed by atoms with Crippen LogP contribution in [0, 0.1) is 0 Å². The van der Waals surface area contributed by atoms with Crippen molar-refractivity contribution in [3.05, 3.63) is 83.2 Å². The summed E-state index contributed by atoms with van der Waals surface area (Å²) in [6.45, 7) is 8.96. The summed E-state index contributed by atoms with van der Waals surface area (Å²) in [5.41, 5.74) is 3.73. The van der Waals surface area contributed by atoms with Crippen LogP contribution in [0.2, 0.25) is 0 Å². The van der Waals surface area contributed by atoms with Crippen LogP contribution in [0.15, 0.2) is 71.4 Å². The van der Waals surface area contributed by atoms with E-state index in [0.717, 1.165) is 51.9 Å². The molecule has 0 unspecified atom stereocenters. The van der Waals surface area contributed by atoms with Crippen molar-refractivity contribution in [2.75, 3.05) is 6.61 Å². The Morgan fingerprint density at radius 2 is 2.04 bits per heavy atom. The largest absolute Gasteiger partial charge is 0.494 e. The maximum atomic E-state index is 6.17. The van der Waals surface area contributed by atoms with Gasteiger partial charge in [-0.05, 0) is 49.7 Å². The molecule has 0 N–H and O–H groups in total. The van der Waals surface area contributed by atoms with E-state index in [2.05, 4.69) is 18.5 Å². The molecule has 2 aromatic heterocycles. The average molecular weight is 345 g/mol. The lowest BCUT2D eigenvalue weighted by Crippen LogP contribution is -2.20. The minimum absolute atomic E-state index is 0.722. The summed E-state index contributed by atoms with van der Waals surface area (Å²) in [5.74, 6) is 1.66. The number of hydrogen-bond acceptors (Lipinski definition) is 3. The van der Waals surface area contributed by atoms with Gasteiger partial charge in [-0.2, -0.15) is 0 Å². The van der Waals surface area contributed by atoms with E-state index in [4.69, 9.17) is 9.15 Å². The molecule has 0 aliphatic rings. The highest BCUT2D eigenvalue weighted by molar-refractivity contribution is 5.72. The first-order chi connectivity index (χ1) is 12.7. The Bertz CT molecular complexity index is 983. The second-order valence-electron chi connectivity index (χ2n) is 5.99. The van der Waals surface area contributed by atoms with Crippen LogP contribution in [0.25, 0.3) is 23.5 Å². The molecule has 0 spiro atoms. The summed E-state index contributed by atoms with van der Waals surface area (Å²) in [6.07, 6.45) is 8.60. The van der Waals surface area contributed by atoms with E-state index in [0.29, 0.717) is 0 Å². The molecule has 1 aromatic carbocycles. The molecule has 0 atom stereocenters. The van der Waals surface area contributed by atoms with Gasteiger partial charge in [-0.25, -0.2) is 0 Å². The van der Waals surface area contributed by atoms with Crippen molar-refractivity contribution in [1.82, 2.24) is 4.98 Å². The van der Waals surface area contributed by atoms with Gasteiger partial charge < -0.3 is 9.15 Å². The lowest BCUT2D eigenvalue weighted by molar-refractivity contribution is 0.317. The first-order valence-corrected chi connectivity index (χ1v) is 8.82. The second kappa shape index (κ2) is 8.34. The monoisotopic (exact) mass is 345 g/mol. The van der Waals surface area contributed by atoms with Crippen molar-refractivity contribution >= 4 is 12.2 Å². The predicted octanol–water partition coefficient (Wildman–Crippen LogP) is 4.32. The number of hydrogen-bond donors (Lipinski definition) is 0. The van der Waals surface area contributed by atoms with Crippen LogP contribution in [-0.2, 0) is 0 Å². The van der Waals surface area contributed by atoms with E-state index < -0.39 is 0 Å². The van der Waals surface area contributed by atoms with Crippen LogP contribution in [-0.4, -0.2) is 11.6 Å². The van der Waals surface area contributed by atoms with Gasteiger partial charge in [0.1, 0.15) is 16.9 Å². The van der Waals surface area contributed by atoms with E-state index >= 15 is 0 Å². The fourth-order valence-electron chi connectivity index (χ4n) is 2.73. The summed E-state index contributed by atoms with van der Waals surface area (Å²) in [5, 5.41) is 0.850. The Kier molecular flexibility index (Phi) is 5.69. The molecule has 0 aliphatic heterocycles. The molecule has 0 amide bonds. The first kappa shape index (κ1) is 17.7. The number of pyridine rings is 1. The van der Waals surface area contributed by atoms with Gasteiger partial charge in [0.2, 0.25) is 0 Å². The van der Waals surface area contributed by atoms with Crippen molar-refractivity contribution in [3.8, 4) is 17.1 Å². The zero-order chi connectivity index (χ0) is 18.4. The van der Waals surface area contributed by atoms with Crippen molar-refractivity contribution < 1.29 is 9.15 Å². The Morgan fingerprint density at radius 1 is 1.23 bits per heavy atom. The van der Waals surface area contributed by atoms with Crippen molar-refractivity contribution in [2.24, 2.45) is 0 Å². The summed E-state index contributed by atoms with van der Waals surface area (Å²) in [6, 6.07) is 13.8. The highest BCUT2D eigenvalue weighted by Crippen LogP contribution is 2.21. The topological polar surface area (TPSA) is 35.3 Å². The van der Waals surface area contributed by atoms with E-state index in [9.17, 15) is 0 Å². The first-order valence-electron chi connectivity index (χ1n) is 8.82. The zero-order valence-electron chi connectivity index (χ0n) is 15.2. The van der Waals surface area contributed by atoms with Crippen molar-refractivity contribution in [1.29, 1.82) is 0 Å².